The van der Waals surface area contributed by atoms with Gasteiger partial charge in [-0.2, -0.15) is 0 Å². The highest BCUT2D eigenvalue weighted by Crippen LogP contribution is 2.33. The molecule has 0 bridgehead atoms. The topological polar surface area (TPSA) is 109 Å². The van der Waals surface area contributed by atoms with E-state index in [9.17, 15) is 14.7 Å². The van der Waals surface area contributed by atoms with E-state index in [1.165, 1.54) is 38.1 Å². The van der Waals surface area contributed by atoms with Crippen molar-refractivity contribution in [3.63, 3.8) is 0 Å². The predicted molar refractivity (Wildman–Crippen MR) is 164 cm³/mol. The Morgan fingerprint density at radius 2 is 1.76 bits per heavy atom. The first-order valence-electron chi connectivity index (χ1n) is 16.2. The summed E-state index contributed by atoms with van der Waals surface area (Å²) in [6.07, 6.45) is 12.9. The molecule has 41 heavy (non-hydrogen) atoms. The molecule has 0 aromatic heterocycles. The van der Waals surface area contributed by atoms with Crippen molar-refractivity contribution in [1.29, 1.82) is 0 Å². The lowest BCUT2D eigenvalue weighted by molar-refractivity contribution is -0.122. The fourth-order valence-corrected chi connectivity index (χ4v) is 6.24. The minimum absolute atomic E-state index is 0.176. The summed E-state index contributed by atoms with van der Waals surface area (Å²) in [5, 5.41) is 18.5. The molecular formula is C32H52N6O3. The molecule has 3 amide bonds. The maximum absolute atomic E-state index is 13.3. The Labute approximate surface area is 246 Å². The molecule has 2 heterocycles. The molecular weight excluding hydrogens is 516 g/mol. The monoisotopic (exact) mass is 568 g/mol. The van der Waals surface area contributed by atoms with Gasteiger partial charge in [-0.15, -0.1) is 0 Å². The van der Waals surface area contributed by atoms with Crippen molar-refractivity contribution in [2.24, 2.45) is 10.9 Å². The standard InChI is InChI=1S/C32H52N6O3/c1-3-5-6-7-18-34-31(41)36-29(20-24-14-16-28(39)17-15-24)30(40)33-19-9-13-27-23-38-26(10-4-2)21-35-32(38)37(27)22-25-11-8-12-25/h14-17,25-27,29,39H,3-13,18-23H2,1-2H3,(H,33,40)(H2,34,36,41)/t26-,27+,29-/m1/s1. The van der Waals surface area contributed by atoms with Crippen LogP contribution in [0.5, 0.6) is 5.75 Å². The summed E-state index contributed by atoms with van der Waals surface area (Å²) in [6, 6.07) is 6.76. The molecule has 3 atom stereocenters. The Hall–Kier alpha value is -2.97. The van der Waals surface area contributed by atoms with Gasteiger partial charge in [-0.3, -0.25) is 9.79 Å². The predicted octanol–water partition coefficient (Wildman–Crippen LogP) is 4.40. The zero-order valence-corrected chi connectivity index (χ0v) is 25.2. The van der Waals surface area contributed by atoms with Crippen LogP contribution >= 0.6 is 0 Å². The lowest BCUT2D eigenvalue weighted by atomic mass is 9.85. The molecule has 1 aliphatic carbocycles. The largest absolute Gasteiger partial charge is 0.508 e. The zero-order valence-electron chi connectivity index (χ0n) is 25.2. The van der Waals surface area contributed by atoms with E-state index in [4.69, 9.17) is 4.99 Å². The number of rotatable bonds is 17. The van der Waals surface area contributed by atoms with Crippen molar-refractivity contribution in [2.45, 2.75) is 109 Å². The number of fused-ring (bicyclic) bond motifs is 1. The first-order valence-corrected chi connectivity index (χ1v) is 16.2. The van der Waals surface area contributed by atoms with Crippen molar-refractivity contribution in [3.8, 4) is 5.75 Å². The number of benzene rings is 1. The summed E-state index contributed by atoms with van der Waals surface area (Å²) in [5.74, 6) is 2.00. The number of guanidine groups is 1. The van der Waals surface area contributed by atoms with Crippen LogP contribution in [-0.2, 0) is 11.2 Å². The normalized spacial score (nSPS) is 20.8. The van der Waals surface area contributed by atoms with E-state index >= 15 is 0 Å². The van der Waals surface area contributed by atoms with Crippen LogP contribution in [0, 0.1) is 5.92 Å². The third-order valence-corrected chi connectivity index (χ3v) is 8.87. The second-order valence-corrected chi connectivity index (χ2v) is 12.2. The average molecular weight is 569 g/mol. The van der Waals surface area contributed by atoms with E-state index in [1.807, 2.05) is 0 Å². The van der Waals surface area contributed by atoms with E-state index < -0.39 is 6.04 Å². The smallest absolute Gasteiger partial charge is 0.315 e. The van der Waals surface area contributed by atoms with Crippen molar-refractivity contribution >= 4 is 17.9 Å². The molecule has 3 aliphatic rings. The van der Waals surface area contributed by atoms with Gasteiger partial charge in [0.25, 0.3) is 0 Å². The van der Waals surface area contributed by atoms with Gasteiger partial charge >= 0.3 is 6.03 Å². The number of phenolic OH excluding ortho intramolecular Hbond substituents is 1. The van der Waals surface area contributed by atoms with Gasteiger partial charge in [0.15, 0.2) is 5.96 Å². The lowest BCUT2D eigenvalue weighted by Gasteiger charge is -2.34. The Kier molecular flexibility index (Phi) is 12.0. The number of nitrogens with zero attached hydrogens (tertiary/aromatic N) is 3. The Balaban J connectivity index is 1.28. The molecule has 1 saturated heterocycles. The fraction of sp³-hybridized carbons (Fsp3) is 0.719. The molecule has 228 valence electrons. The highest BCUT2D eigenvalue weighted by Gasteiger charge is 2.42. The number of hydrogen-bond acceptors (Lipinski definition) is 6. The van der Waals surface area contributed by atoms with Gasteiger partial charge in [0.05, 0.1) is 12.6 Å². The Morgan fingerprint density at radius 1 is 0.976 bits per heavy atom. The molecule has 9 nitrogen and oxygen atoms in total. The minimum atomic E-state index is -0.689. The second kappa shape index (κ2) is 15.9. The molecule has 4 N–H and O–H groups in total. The van der Waals surface area contributed by atoms with Crippen molar-refractivity contribution in [1.82, 2.24) is 25.8 Å². The van der Waals surface area contributed by atoms with Crippen LogP contribution < -0.4 is 16.0 Å². The molecule has 1 saturated carbocycles. The fourth-order valence-electron chi connectivity index (χ4n) is 6.24. The van der Waals surface area contributed by atoms with Crippen LogP contribution in [0.2, 0.25) is 0 Å². The van der Waals surface area contributed by atoms with Crippen LogP contribution in [0.4, 0.5) is 4.79 Å². The third kappa shape index (κ3) is 9.01. The van der Waals surface area contributed by atoms with Crippen LogP contribution in [0.25, 0.3) is 0 Å². The van der Waals surface area contributed by atoms with Gasteiger partial charge in [-0.1, -0.05) is 58.1 Å². The molecule has 0 spiro atoms. The van der Waals surface area contributed by atoms with E-state index in [2.05, 4.69) is 39.6 Å². The maximum atomic E-state index is 13.3. The maximum Gasteiger partial charge on any atom is 0.315 e. The molecule has 0 radical (unpaired) electrons. The summed E-state index contributed by atoms with van der Waals surface area (Å²) < 4.78 is 0. The van der Waals surface area contributed by atoms with Crippen LogP contribution in [0.3, 0.4) is 0 Å². The van der Waals surface area contributed by atoms with E-state index in [0.29, 0.717) is 31.6 Å². The highest BCUT2D eigenvalue weighted by molar-refractivity contribution is 5.87. The molecule has 1 aromatic carbocycles. The summed E-state index contributed by atoms with van der Waals surface area (Å²) in [7, 11) is 0. The zero-order chi connectivity index (χ0) is 29.0. The first-order chi connectivity index (χ1) is 20.0. The summed E-state index contributed by atoms with van der Waals surface area (Å²) in [6.45, 7) is 8.65. The number of amides is 3. The average Bonchev–Trinajstić information content (AvgIpc) is 3.48. The number of carbonyl (C=O) groups excluding carboxylic acids is 2. The van der Waals surface area contributed by atoms with Crippen LogP contribution in [0.1, 0.15) is 90.0 Å². The Morgan fingerprint density at radius 3 is 2.46 bits per heavy atom. The first kappa shape index (κ1) is 31.0. The molecule has 1 aromatic rings. The summed E-state index contributed by atoms with van der Waals surface area (Å²) in [4.78, 5) is 35.9. The van der Waals surface area contributed by atoms with Gasteiger partial charge in [-0.05, 0) is 62.1 Å². The van der Waals surface area contributed by atoms with E-state index in [-0.39, 0.29) is 17.7 Å². The number of hydrogen-bond donors (Lipinski definition) is 4. The number of unbranched alkanes of at least 4 members (excludes halogenated alkanes) is 3. The molecule has 9 heteroatoms. The third-order valence-electron chi connectivity index (χ3n) is 8.87. The van der Waals surface area contributed by atoms with Crippen LogP contribution in [-0.4, -0.2) is 83.7 Å². The van der Waals surface area contributed by atoms with Gasteiger partial charge < -0.3 is 30.9 Å². The van der Waals surface area contributed by atoms with Gasteiger partial charge in [0, 0.05) is 38.6 Å². The van der Waals surface area contributed by atoms with E-state index in [1.54, 1.807) is 24.3 Å². The van der Waals surface area contributed by atoms with E-state index in [0.717, 1.165) is 69.6 Å². The minimum Gasteiger partial charge on any atom is -0.508 e. The molecule has 2 aliphatic heterocycles. The molecule has 0 unspecified atom stereocenters. The summed E-state index contributed by atoms with van der Waals surface area (Å²) >= 11 is 0. The lowest BCUT2D eigenvalue weighted by Crippen LogP contribution is -2.51. The SMILES string of the molecule is CCCCCCNC(=O)N[C@H](Cc1ccc(O)cc1)C(=O)NCCC[C@H]1CN2C(=NC[C@H]2CCC)N1CC1CCC1. The number of aliphatic imine (C=N–C) groups is 1. The Bertz CT molecular complexity index is 996. The quantitative estimate of drug-likeness (QED) is 0.208. The summed E-state index contributed by atoms with van der Waals surface area (Å²) in [5.41, 5.74) is 0.881. The number of urea groups is 1. The van der Waals surface area contributed by atoms with Crippen molar-refractivity contribution < 1.29 is 14.7 Å². The van der Waals surface area contributed by atoms with Gasteiger partial charge in [0.2, 0.25) is 5.91 Å². The number of phenols is 1. The van der Waals surface area contributed by atoms with Crippen molar-refractivity contribution in [3.05, 3.63) is 29.8 Å². The van der Waals surface area contributed by atoms with Crippen molar-refractivity contribution in [2.75, 3.05) is 32.7 Å². The highest BCUT2D eigenvalue weighted by atomic mass is 16.3. The molecule has 4 rings (SSSR count). The van der Waals surface area contributed by atoms with Crippen LogP contribution in [0.15, 0.2) is 29.3 Å². The van der Waals surface area contributed by atoms with Gasteiger partial charge in [-0.25, -0.2) is 4.79 Å². The number of aromatic hydroxyl groups is 1. The number of nitrogens with one attached hydrogen (secondary N) is 3. The van der Waals surface area contributed by atoms with Gasteiger partial charge in [0.1, 0.15) is 11.8 Å². The second-order valence-electron chi connectivity index (χ2n) is 12.2. The molecule has 2 fully saturated rings. The number of carbonyl (C=O) groups is 2.